The van der Waals surface area contributed by atoms with Crippen molar-refractivity contribution in [2.24, 2.45) is 0 Å². The average molecular weight is 394 g/mol. The van der Waals surface area contributed by atoms with Gasteiger partial charge in [0.2, 0.25) is 16.0 Å². The molecule has 0 radical (unpaired) electrons. The molecule has 4 rings (SSSR count). The van der Waals surface area contributed by atoms with E-state index in [-0.39, 0.29) is 11.4 Å². The maximum absolute atomic E-state index is 12.2. The molecular formula is C19H18N6O2S. The predicted octanol–water partition coefficient (Wildman–Crippen LogP) is 2.21. The molecule has 0 saturated carbocycles. The van der Waals surface area contributed by atoms with Crippen molar-refractivity contribution in [3.63, 3.8) is 0 Å². The van der Waals surface area contributed by atoms with E-state index >= 15 is 0 Å². The molecule has 0 unspecified atom stereocenters. The lowest BCUT2D eigenvalue weighted by atomic mass is 10.3. The lowest BCUT2D eigenvalue weighted by Gasteiger charge is -2.09. The van der Waals surface area contributed by atoms with Crippen molar-refractivity contribution in [1.29, 1.82) is 0 Å². The number of rotatable bonds is 7. The topological polar surface area (TPSA) is 102 Å². The zero-order valence-corrected chi connectivity index (χ0v) is 15.7. The van der Waals surface area contributed by atoms with Crippen LogP contribution in [-0.4, -0.2) is 41.0 Å². The maximum atomic E-state index is 12.2. The number of nitrogens with zero attached hydrogens (tertiary/aromatic N) is 4. The number of benzene rings is 2. The fraction of sp³-hybridized carbons (Fsp3) is 0.105. The summed E-state index contributed by atoms with van der Waals surface area (Å²) >= 11 is 0. The number of nitrogens with one attached hydrogen (secondary N) is 2. The number of fused-ring (bicyclic) bond motifs is 1. The second-order valence-corrected chi connectivity index (χ2v) is 7.75. The lowest BCUT2D eigenvalue weighted by Crippen LogP contribution is -2.29. The van der Waals surface area contributed by atoms with Gasteiger partial charge in [0.25, 0.3) is 0 Å². The summed E-state index contributed by atoms with van der Waals surface area (Å²) in [5.41, 5.74) is 1.83. The van der Waals surface area contributed by atoms with Gasteiger partial charge in [-0.15, -0.1) is 0 Å². The van der Waals surface area contributed by atoms with Crippen molar-refractivity contribution in [1.82, 2.24) is 24.2 Å². The highest BCUT2D eigenvalue weighted by Crippen LogP contribution is 2.16. The van der Waals surface area contributed by atoms with Crippen molar-refractivity contribution in [3.05, 3.63) is 73.2 Å². The summed E-state index contributed by atoms with van der Waals surface area (Å²) in [6.07, 6.45) is 3.36. The fourth-order valence-corrected chi connectivity index (χ4v) is 3.81. The largest absolute Gasteiger partial charge is 0.353 e. The molecule has 9 heteroatoms. The van der Waals surface area contributed by atoms with Gasteiger partial charge in [0, 0.05) is 19.3 Å². The van der Waals surface area contributed by atoms with Gasteiger partial charge in [-0.25, -0.2) is 23.1 Å². The average Bonchev–Trinajstić information content (AvgIpc) is 3.16. The van der Waals surface area contributed by atoms with Crippen LogP contribution in [0.5, 0.6) is 0 Å². The fourth-order valence-electron chi connectivity index (χ4n) is 2.75. The Morgan fingerprint density at radius 1 is 0.893 bits per heavy atom. The van der Waals surface area contributed by atoms with Gasteiger partial charge in [0.05, 0.1) is 15.9 Å². The lowest BCUT2D eigenvalue weighted by molar-refractivity contribution is 0.583. The van der Waals surface area contributed by atoms with Gasteiger partial charge in [-0.1, -0.05) is 30.3 Å². The Bertz CT molecular complexity index is 1190. The molecule has 0 amide bonds. The summed E-state index contributed by atoms with van der Waals surface area (Å²) in [6, 6.07) is 17.8. The van der Waals surface area contributed by atoms with E-state index in [1.165, 1.54) is 0 Å². The predicted molar refractivity (Wildman–Crippen MR) is 107 cm³/mol. The van der Waals surface area contributed by atoms with Crippen LogP contribution in [0, 0.1) is 0 Å². The van der Waals surface area contributed by atoms with Gasteiger partial charge in [-0.3, -0.25) is 4.57 Å². The third-order valence-corrected chi connectivity index (χ3v) is 5.57. The molecule has 8 nitrogen and oxygen atoms in total. The Morgan fingerprint density at radius 3 is 2.54 bits per heavy atom. The van der Waals surface area contributed by atoms with E-state index < -0.39 is 10.0 Å². The first-order valence-electron chi connectivity index (χ1n) is 8.67. The number of hydrogen-bond acceptors (Lipinski definition) is 6. The Balaban J connectivity index is 1.41. The number of anilines is 1. The highest BCUT2D eigenvalue weighted by atomic mass is 32.2. The molecule has 0 saturated heterocycles. The van der Waals surface area contributed by atoms with Crippen LogP contribution in [0.4, 0.5) is 5.95 Å². The maximum Gasteiger partial charge on any atom is 0.240 e. The monoisotopic (exact) mass is 394 g/mol. The summed E-state index contributed by atoms with van der Waals surface area (Å²) in [6.45, 7) is 0.555. The third kappa shape index (κ3) is 3.85. The summed E-state index contributed by atoms with van der Waals surface area (Å²) in [5, 5.41) is 3.04. The van der Waals surface area contributed by atoms with Crippen LogP contribution in [0.2, 0.25) is 0 Å². The van der Waals surface area contributed by atoms with Crippen LogP contribution >= 0.6 is 0 Å². The van der Waals surface area contributed by atoms with Crippen molar-refractivity contribution in [2.45, 2.75) is 4.90 Å². The quantitative estimate of drug-likeness (QED) is 0.466. The molecule has 4 aromatic rings. The molecule has 0 aliphatic carbocycles. The zero-order valence-electron chi connectivity index (χ0n) is 14.9. The number of para-hydroxylation sites is 2. The van der Waals surface area contributed by atoms with Gasteiger partial charge >= 0.3 is 0 Å². The van der Waals surface area contributed by atoms with Crippen molar-refractivity contribution >= 4 is 27.0 Å². The van der Waals surface area contributed by atoms with Crippen molar-refractivity contribution < 1.29 is 8.42 Å². The van der Waals surface area contributed by atoms with E-state index in [0.717, 1.165) is 11.0 Å². The summed E-state index contributed by atoms with van der Waals surface area (Å²) in [5.74, 6) is 1.09. The van der Waals surface area contributed by atoms with E-state index in [9.17, 15) is 8.42 Å². The second kappa shape index (κ2) is 7.75. The minimum Gasteiger partial charge on any atom is -0.353 e. The normalized spacial score (nSPS) is 11.6. The van der Waals surface area contributed by atoms with E-state index in [1.54, 1.807) is 48.9 Å². The second-order valence-electron chi connectivity index (χ2n) is 5.98. The molecule has 28 heavy (non-hydrogen) atoms. The van der Waals surface area contributed by atoms with Crippen LogP contribution in [0.3, 0.4) is 0 Å². The van der Waals surface area contributed by atoms with E-state index in [1.807, 2.05) is 28.8 Å². The number of sulfonamides is 1. The molecule has 0 aliphatic rings. The van der Waals surface area contributed by atoms with Gasteiger partial charge < -0.3 is 5.32 Å². The van der Waals surface area contributed by atoms with Crippen LogP contribution in [0.25, 0.3) is 16.9 Å². The Kier molecular flexibility index (Phi) is 5.00. The summed E-state index contributed by atoms with van der Waals surface area (Å²) in [7, 11) is -3.53. The molecule has 2 heterocycles. The zero-order chi connectivity index (χ0) is 19.4. The van der Waals surface area contributed by atoms with Crippen molar-refractivity contribution in [3.8, 4) is 5.82 Å². The van der Waals surface area contributed by atoms with Crippen LogP contribution in [0.15, 0.2) is 78.1 Å². The van der Waals surface area contributed by atoms with Crippen LogP contribution in [0.1, 0.15) is 0 Å². The SMILES string of the molecule is O=S(=O)(NCCNc1nccc(-n2cnc3ccccc32)n1)c1ccccc1. The minimum absolute atomic E-state index is 0.207. The molecule has 0 atom stereocenters. The van der Waals surface area contributed by atoms with Gasteiger partial charge in [0.15, 0.2) is 0 Å². The molecule has 0 spiro atoms. The first-order valence-corrected chi connectivity index (χ1v) is 10.2. The number of imidazole rings is 1. The van der Waals surface area contributed by atoms with Crippen molar-refractivity contribution in [2.75, 3.05) is 18.4 Å². The van der Waals surface area contributed by atoms with E-state index in [0.29, 0.717) is 18.3 Å². The molecule has 2 aromatic heterocycles. The molecule has 0 aliphatic heterocycles. The minimum atomic E-state index is -3.53. The van der Waals surface area contributed by atoms with Gasteiger partial charge in [0.1, 0.15) is 12.1 Å². The third-order valence-electron chi connectivity index (χ3n) is 4.09. The molecule has 2 N–H and O–H groups in total. The Hall–Kier alpha value is -3.30. The number of hydrogen-bond donors (Lipinski definition) is 2. The number of aromatic nitrogens is 4. The van der Waals surface area contributed by atoms with Gasteiger partial charge in [-0.2, -0.15) is 4.98 Å². The molecule has 2 aromatic carbocycles. The van der Waals surface area contributed by atoms with E-state index in [4.69, 9.17) is 0 Å². The smallest absolute Gasteiger partial charge is 0.240 e. The molecule has 0 fully saturated rings. The highest BCUT2D eigenvalue weighted by Gasteiger charge is 2.12. The Labute approximate surface area is 162 Å². The molecular weight excluding hydrogens is 376 g/mol. The van der Waals surface area contributed by atoms with Crippen LogP contribution < -0.4 is 10.0 Å². The highest BCUT2D eigenvalue weighted by molar-refractivity contribution is 7.89. The van der Waals surface area contributed by atoms with Crippen LogP contribution in [-0.2, 0) is 10.0 Å². The summed E-state index contributed by atoms with van der Waals surface area (Å²) in [4.78, 5) is 13.3. The summed E-state index contributed by atoms with van der Waals surface area (Å²) < 4.78 is 28.8. The first-order chi connectivity index (χ1) is 13.6. The van der Waals surface area contributed by atoms with E-state index in [2.05, 4.69) is 25.0 Å². The van der Waals surface area contributed by atoms with Gasteiger partial charge in [-0.05, 0) is 30.3 Å². The molecule has 0 bridgehead atoms. The molecule has 142 valence electrons. The standard InChI is InChI=1S/C19H18N6O2S/c26-28(27,15-6-2-1-3-7-15)23-13-12-21-19-20-11-10-18(24-19)25-14-22-16-8-4-5-9-17(16)25/h1-11,14,23H,12-13H2,(H,20,21,24). The first kappa shape index (κ1) is 18.1. The Morgan fingerprint density at radius 2 is 1.68 bits per heavy atom.